The Labute approximate surface area is 133 Å². The van der Waals surface area contributed by atoms with Crippen molar-refractivity contribution < 1.29 is 8.42 Å². The number of hydrogen-bond acceptors (Lipinski definition) is 4. The van der Waals surface area contributed by atoms with Gasteiger partial charge in [-0.05, 0) is 48.6 Å². The van der Waals surface area contributed by atoms with Crippen molar-refractivity contribution in [2.75, 3.05) is 25.6 Å². The molecule has 0 spiro atoms. The molecule has 4 nitrogen and oxygen atoms in total. The summed E-state index contributed by atoms with van der Waals surface area (Å²) in [5.74, 6) is 1.27. The SMILES string of the molecule is CCc1ccc(CNC)cc1S(=O)(=O)NCC(C)CSC. The maximum atomic E-state index is 12.5. The zero-order valence-corrected chi connectivity index (χ0v) is 14.9. The minimum Gasteiger partial charge on any atom is -0.316 e. The van der Waals surface area contributed by atoms with Gasteiger partial charge in [0.2, 0.25) is 10.0 Å². The van der Waals surface area contributed by atoms with Crippen LogP contribution in [0, 0.1) is 5.92 Å². The highest BCUT2D eigenvalue weighted by Gasteiger charge is 2.19. The second-order valence-corrected chi connectivity index (χ2v) is 7.88. The molecule has 120 valence electrons. The van der Waals surface area contributed by atoms with Crippen LogP contribution in [0.4, 0.5) is 0 Å². The van der Waals surface area contributed by atoms with Crippen molar-refractivity contribution in [1.29, 1.82) is 0 Å². The molecule has 0 fully saturated rings. The molecule has 0 aromatic heterocycles. The average Bonchev–Trinajstić information content (AvgIpc) is 2.46. The smallest absolute Gasteiger partial charge is 0.240 e. The Balaban J connectivity index is 2.97. The van der Waals surface area contributed by atoms with Crippen LogP contribution in [-0.2, 0) is 23.0 Å². The van der Waals surface area contributed by atoms with Crippen LogP contribution in [0.15, 0.2) is 23.1 Å². The molecule has 1 aromatic rings. The summed E-state index contributed by atoms with van der Waals surface area (Å²) in [5, 5.41) is 3.05. The third kappa shape index (κ3) is 5.62. The van der Waals surface area contributed by atoms with Crippen LogP contribution in [-0.4, -0.2) is 34.0 Å². The quantitative estimate of drug-likeness (QED) is 0.729. The maximum absolute atomic E-state index is 12.5. The van der Waals surface area contributed by atoms with Gasteiger partial charge in [0.05, 0.1) is 4.90 Å². The summed E-state index contributed by atoms with van der Waals surface area (Å²) in [4.78, 5) is 0.411. The van der Waals surface area contributed by atoms with Crippen molar-refractivity contribution in [3.63, 3.8) is 0 Å². The van der Waals surface area contributed by atoms with Gasteiger partial charge in [0.1, 0.15) is 0 Å². The van der Waals surface area contributed by atoms with Crippen LogP contribution in [0.25, 0.3) is 0 Å². The molecule has 0 amide bonds. The normalized spacial score (nSPS) is 13.3. The van der Waals surface area contributed by atoms with E-state index in [4.69, 9.17) is 0 Å². The molecular formula is C15H26N2O2S2. The second kappa shape index (κ2) is 8.78. The largest absolute Gasteiger partial charge is 0.316 e. The van der Waals surface area contributed by atoms with Crippen LogP contribution in [0.3, 0.4) is 0 Å². The molecule has 0 saturated heterocycles. The van der Waals surface area contributed by atoms with Crippen LogP contribution in [0.1, 0.15) is 25.0 Å². The molecule has 1 aromatic carbocycles. The van der Waals surface area contributed by atoms with Crippen molar-refractivity contribution in [3.8, 4) is 0 Å². The van der Waals surface area contributed by atoms with Crippen LogP contribution < -0.4 is 10.0 Å². The molecular weight excluding hydrogens is 304 g/mol. The highest BCUT2D eigenvalue weighted by Crippen LogP contribution is 2.19. The third-order valence-electron chi connectivity index (χ3n) is 3.26. The summed E-state index contributed by atoms with van der Waals surface area (Å²) in [6, 6.07) is 5.66. The van der Waals surface area contributed by atoms with E-state index in [1.165, 1.54) is 0 Å². The number of rotatable bonds is 9. The van der Waals surface area contributed by atoms with Crippen molar-refractivity contribution in [3.05, 3.63) is 29.3 Å². The van der Waals surface area contributed by atoms with Gasteiger partial charge in [-0.1, -0.05) is 26.0 Å². The van der Waals surface area contributed by atoms with E-state index in [1.807, 2.05) is 32.4 Å². The number of nitrogens with one attached hydrogen (secondary N) is 2. The molecule has 1 atom stereocenters. The second-order valence-electron chi connectivity index (χ2n) is 5.24. The molecule has 21 heavy (non-hydrogen) atoms. The molecule has 0 saturated carbocycles. The highest BCUT2D eigenvalue weighted by molar-refractivity contribution is 7.98. The van der Waals surface area contributed by atoms with Gasteiger partial charge in [0.15, 0.2) is 0 Å². The van der Waals surface area contributed by atoms with E-state index in [-0.39, 0.29) is 0 Å². The number of sulfonamides is 1. The minimum absolute atomic E-state index is 0.320. The van der Waals surface area contributed by atoms with E-state index in [0.29, 0.717) is 30.3 Å². The Bertz CT molecular complexity index is 545. The zero-order chi connectivity index (χ0) is 15.9. The van der Waals surface area contributed by atoms with Crippen LogP contribution in [0.2, 0.25) is 0 Å². The number of thioether (sulfide) groups is 1. The molecule has 1 unspecified atom stereocenters. The van der Waals surface area contributed by atoms with Gasteiger partial charge in [-0.15, -0.1) is 0 Å². The highest BCUT2D eigenvalue weighted by atomic mass is 32.2. The van der Waals surface area contributed by atoms with Gasteiger partial charge in [-0.2, -0.15) is 11.8 Å². The summed E-state index contributed by atoms with van der Waals surface area (Å²) < 4.78 is 27.8. The van der Waals surface area contributed by atoms with Crippen LogP contribution >= 0.6 is 11.8 Å². The first-order valence-corrected chi connectivity index (χ1v) is 10.1. The predicted molar refractivity (Wildman–Crippen MR) is 91.3 cm³/mol. The lowest BCUT2D eigenvalue weighted by molar-refractivity contribution is 0.561. The lowest BCUT2D eigenvalue weighted by atomic mass is 10.1. The summed E-state index contributed by atoms with van der Waals surface area (Å²) >= 11 is 1.73. The first-order valence-electron chi connectivity index (χ1n) is 7.19. The first-order chi connectivity index (χ1) is 9.94. The molecule has 0 radical (unpaired) electrons. The van der Waals surface area contributed by atoms with Gasteiger partial charge in [-0.3, -0.25) is 0 Å². The van der Waals surface area contributed by atoms with E-state index in [9.17, 15) is 8.42 Å². The molecule has 0 aliphatic heterocycles. The van der Waals surface area contributed by atoms with E-state index in [1.54, 1.807) is 17.8 Å². The molecule has 0 heterocycles. The standard InChI is InChI=1S/C15H26N2O2S2/c1-5-14-7-6-13(10-16-3)8-15(14)21(18,19)17-9-12(2)11-20-4/h6-8,12,16-17H,5,9-11H2,1-4H3. The monoisotopic (exact) mass is 330 g/mol. The summed E-state index contributed by atoms with van der Waals surface area (Å²) in [6.07, 6.45) is 2.73. The van der Waals surface area contributed by atoms with E-state index in [0.717, 1.165) is 16.9 Å². The Morgan fingerprint density at radius 2 is 2.05 bits per heavy atom. The van der Waals surface area contributed by atoms with Gasteiger partial charge >= 0.3 is 0 Å². The molecule has 0 aliphatic rings. The average molecular weight is 331 g/mol. The third-order valence-corrected chi connectivity index (χ3v) is 5.66. The topological polar surface area (TPSA) is 58.2 Å². The molecule has 0 aliphatic carbocycles. The van der Waals surface area contributed by atoms with Crippen molar-refractivity contribution in [1.82, 2.24) is 10.0 Å². The lowest BCUT2D eigenvalue weighted by Crippen LogP contribution is -2.30. The maximum Gasteiger partial charge on any atom is 0.240 e. The van der Waals surface area contributed by atoms with Gasteiger partial charge in [0, 0.05) is 13.1 Å². The fraction of sp³-hybridized carbons (Fsp3) is 0.600. The zero-order valence-electron chi connectivity index (χ0n) is 13.3. The molecule has 2 N–H and O–H groups in total. The fourth-order valence-corrected chi connectivity index (χ4v) is 4.34. The van der Waals surface area contributed by atoms with E-state index >= 15 is 0 Å². The van der Waals surface area contributed by atoms with Crippen molar-refractivity contribution >= 4 is 21.8 Å². The summed E-state index contributed by atoms with van der Waals surface area (Å²) in [7, 11) is -1.59. The van der Waals surface area contributed by atoms with Crippen molar-refractivity contribution in [2.45, 2.75) is 31.7 Å². The van der Waals surface area contributed by atoms with E-state index < -0.39 is 10.0 Å². The Morgan fingerprint density at radius 1 is 1.33 bits per heavy atom. The van der Waals surface area contributed by atoms with Gasteiger partial charge in [0.25, 0.3) is 0 Å². The van der Waals surface area contributed by atoms with Gasteiger partial charge < -0.3 is 5.32 Å². The Morgan fingerprint density at radius 3 is 2.62 bits per heavy atom. The molecule has 6 heteroatoms. The minimum atomic E-state index is -3.44. The van der Waals surface area contributed by atoms with Crippen LogP contribution in [0.5, 0.6) is 0 Å². The van der Waals surface area contributed by atoms with Crippen molar-refractivity contribution in [2.24, 2.45) is 5.92 Å². The van der Waals surface area contributed by atoms with E-state index in [2.05, 4.69) is 17.0 Å². The number of benzene rings is 1. The summed E-state index contributed by atoms with van der Waals surface area (Å²) in [6.45, 7) is 5.16. The Hall–Kier alpha value is -0.560. The number of hydrogen-bond donors (Lipinski definition) is 2. The predicted octanol–water partition coefficient (Wildman–Crippen LogP) is 2.25. The summed E-state index contributed by atoms with van der Waals surface area (Å²) in [5.41, 5.74) is 1.84. The fourth-order valence-electron chi connectivity index (χ4n) is 2.13. The Kier molecular flexibility index (Phi) is 7.73. The molecule has 0 bridgehead atoms. The number of aryl methyl sites for hydroxylation is 1. The lowest BCUT2D eigenvalue weighted by Gasteiger charge is -2.15. The van der Waals surface area contributed by atoms with Gasteiger partial charge in [-0.25, -0.2) is 13.1 Å². The molecule has 1 rings (SSSR count). The first kappa shape index (κ1) is 18.5.